The van der Waals surface area contributed by atoms with Crippen molar-refractivity contribution in [2.45, 2.75) is 59.2 Å². The Hall–Kier alpha value is -2.48. The van der Waals surface area contributed by atoms with Gasteiger partial charge in [0.2, 0.25) is 11.8 Å². The van der Waals surface area contributed by atoms with Crippen LogP contribution in [0.2, 0.25) is 5.02 Å². The molecule has 3 aromatic rings. The zero-order valence-electron chi connectivity index (χ0n) is 20.9. The number of nitrogens with zero attached hydrogens (tertiary/aromatic N) is 2. The first-order chi connectivity index (χ1) is 17.2. The van der Waals surface area contributed by atoms with E-state index in [1.807, 2.05) is 45.0 Å². The number of hydrogen-bond acceptors (Lipinski definition) is 6. The van der Waals surface area contributed by atoms with Crippen LogP contribution in [0.5, 0.6) is 5.75 Å². The van der Waals surface area contributed by atoms with Crippen LogP contribution in [0.15, 0.2) is 30.5 Å². The maximum atomic E-state index is 12.9. The molecule has 6 rings (SSSR count). The smallest absolute Gasteiger partial charge is 0.234 e. The number of amides is 2. The lowest BCUT2D eigenvalue weighted by Gasteiger charge is -2.31. The third-order valence-electron chi connectivity index (χ3n) is 8.16. The summed E-state index contributed by atoms with van der Waals surface area (Å²) in [5, 5.41) is 4.16. The molecule has 3 fully saturated rings. The first kappa shape index (κ1) is 23.9. The van der Waals surface area contributed by atoms with Gasteiger partial charge in [-0.25, -0.2) is 0 Å². The van der Waals surface area contributed by atoms with Crippen molar-refractivity contribution >= 4 is 45.0 Å². The minimum atomic E-state index is -0.203. The standard InChI is InChI=1S/C28H30ClN3O3S/c1-14-10-16(29)11-19(24(14)35-21-6-5-8-30-15(21)2)18-7-9-31-20-12-17(36-25(18)20)13-32-26(33)22-23(27(32)34)28(22,3)4/h7,9-12,15,21-23,30H,5-6,8,13H2,1-4H3/t15-,21+,22?,23?/m1/s1. The van der Waals surface area contributed by atoms with Crippen molar-refractivity contribution < 1.29 is 14.3 Å². The van der Waals surface area contributed by atoms with Crippen molar-refractivity contribution in [2.75, 3.05) is 6.54 Å². The fraction of sp³-hybridized carbons (Fsp3) is 0.464. The average Bonchev–Trinajstić information content (AvgIpc) is 3.08. The lowest BCUT2D eigenvalue weighted by atomic mass is 10.00. The predicted octanol–water partition coefficient (Wildman–Crippen LogP) is 5.59. The lowest BCUT2D eigenvalue weighted by molar-refractivity contribution is -0.143. The molecule has 2 aromatic heterocycles. The van der Waals surface area contributed by atoms with Crippen LogP contribution in [-0.4, -0.2) is 40.4 Å². The molecule has 0 bridgehead atoms. The Balaban J connectivity index is 1.36. The van der Waals surface area contributed by atoms with Gasteiger partial charge in [0, 0.05) is 33.3 Å². The number of imide groups is 1. The molecular weight excluding hydrogens is 494 g/mol. The number of aromatic nitrogens is 1. The highest BCUT2D eigenvalue weighted by atomic mass is 35.5. The third-order valence-corrected chi connectivity index (χ3v) is 9.52. The second kappa shape index (κ2) is 8.54. The van der Waals surface area contributed by atoms with E-state index in [0.717, 1.165) is 56.9 Å². The summed E-state index contributed by atoms with van der Waals surface area (Å²) in [5.74, 6) is 0.418. The van der Waals surface area contributed by atoms with Gasteiger partial charge >= 0.3 is 0 Å². The zero-order valence-corrected chi connectivity index (χ0v) is 22.5. The number of benzene rings is 1. The van der Waals surface area contributed by atoms with E-state index in [1.54, 1.807) is 17.5 Å². The summed E-state index contributed by atoms with van der Waals surface area (Å²) in [6.45, 7) is 9.50. The van der Waals surface area contributed by atoms with Crippen LogP contribution in [-0.2, 0) is 16.1 Å². The number of fused-ring (bicyclic) bond motifs is 2. The highest BCUT2D eigenvalue weighted by Crippen LogP contribution is 2.63. The number of aryl methyl sites for hydroxylation is 1. The van der Waals surface area contributed by atoms with Gasteiger partial charge < -0.3 is 10.1 Å². The summed E-state index contributed by atoms with van der Waals surface area (Å²) in [6.07, 6.45) is 3.96. The van der Waals surface area contributed by atoms with E-state index >= 15 is 0 Å². The molecule has 1 saturated carbocycles. The summed E-state index contributed by atoms with van der Waals surface area (Å²) in [6, 6.07) is 8.15. The first-order valence-corrected chi connectivity index (χ1v) is 13.8. The van der Waals surface area contributed by atoms with Gasteiger partial charge in [-0.2, -0.15) is 0 Å². The molecule has 188 valence electrons. The molecule has 6 nitrogen and oxygen atoms in total. The Labute approximate surface area is 220 Å². The maximum absolute atomic E-state index is 12.9. The largest absolute Gasteiger partial charge is 0.488 e. The van der Waals surface area contributed by atoms with Crippen molar-refractivity contribution in [3.63, 3.8) is 0 Å². The van der Waals surface area contributed by atoms with Crippen molar-refractivity contribution in [3.8, 4) is 16.9 Å². The van der Waals surface area contributed by atoms with E-state index in [4.69, 9.17) is 16.3 Å². The fourth-order valence-corrected chi connectivity index (χ4v) is 7.41. The van der Waals surface area contributed by atoms with E-state index in [9.17, 15) is 9.59 Å². The summed E-state index contributed by atoms with van der Waals surface area (Å²) < 4.78 is 7.63. The Bertz CT molecular complexity index is 1380. The number of halogens is 1. The minimum absolute atomic E-state index is 0.0444. The van der Waals surface area contributed by atoms with Crippen LogP contribution in [0.3, 0.4) is 0 Å². The zero-order chi connectivity index (χ0) is 25.4. The van der Waals surface area contributed by atoms with Crippen molar-refractivity contribution in [3.05, 3.63) is 45.9 Å². The second-order valence-electron chi connectivity index (χ2n) is 11.0. The van der Waals surface area contributed by atoms with Crippen LogP contribution in [0, 0.1) is 24.2 Å². The molecule has 36 heavy (non-hydrogen) atoms. The molecule has 2 unspecified atom stereocenters. The SMILES string of the molecule is Cc1cc(Cl)cc(-c2ccnc3cc(CN4C(=O)C5C(C4=O)C5(C)C)sc23)c1O[C@H]1CCCN[C@@H]1C. The third kappa shape index (κ3) is 3.75. The summed E-state index contributed by atoms with van der Waals surface area (Å²) in [4.78, 5) is 32.7. The van der Waals surface area contributed by atoms with Gasteiger partial charge in [0.1, 0.15) is 11.9 Å². The molecule has 2 saturated heterocycles. The number of likely N-dealkylation sites (tertiary alicyclic amines) is 1. The van der Waals surface area contributed by atoms with E-state index in [2.05, 4.69) is 17.2 Å². The molecule has 1 aliphatic carbocycles. The van der Waals surface area contributed by atoms with E-state index in [0.29, 0.717) is 11.6 Å². The van der Waals surface area contributed by atoms with Crippen LogP contribution in [0.4, 0.5) is 0 Å². The molecule has 3 aliphatic rings. The van der Waals surface area contributed by atoms with Crippen molar-refractivity contribution in [1.82, 2.24) is 15.2 Å². The fourth-order valence-electron chi connectivity index (χ4n) is 6.01. The Morgan fingerprint density at radius 2 is 1.94 bits per heavy atom. The van der Waals surface area contributed by atoms with Crippen molar-refractivity contribution in [2.24, 2.45) is 17.3 Å². The molecule has 4 heterocycles. The Morgan fingerprint density at radius 3 is 2.67 bits per heavy atom. The topological polar surface area (TPSA) is 71.5 Å². The van der Waals surface area contributed by atoms with E-state index < -0.39 is 0 Å². The van der Waals surface area contributed by atoms with Crippen LogP contribution in [0.25, 0.3) is 21.3 Å². The quantitative estimate of drug-likeness (QED) is 0.442. The number of pyridine rings is 1. The van der Waals surface area contributed by atoms with Gasteiger partial charge in [-0.3, -0.25) is 19.5 Å². The van der Waals surface area contributed by atoms with Gasteiger partial charge in [0.05, 0.1) is 28.6 Å². The maximum Gasteiger partial charge on any atom is 0.234 e. The van der Waals surface area contributed by atoms with Crippen molar-refractivity contribution in [1.29, 1.82) is 0 Å². The molecular formula is C28H30ClN3O3S. The predicted molar refractivity (Wildman–Crippen MR) is 142 cm³/mol. The number of thiophene rings is 1. The molecule has 2 amide bonds. The molecule has 2 aliphatic heterocycles. The molecule has 8 heteroatoms. The van der Waals surface area contributed by atoms with E-state index in [-0.39, 0.29) is 41.2 Å². The van der Waals surface area contributed by atoms with Gasteiger partial charge in [-0.1, -0.05) is 25.4 Å². The lowest BCUT2D eigenvalue weighted by Crippen LogP contribution is -2.45. The second-order valence-corrected chi connectivity index (χ2v) is 12.5. The monoisotopic (exact) mass is 523 g/mol. The Kier molecular flexibility index (Phi) is 5.67. The number of ether oxygens (including phenoxy) is 1. The average molecular weight is 524 g/mol. The number of rotatable bonds is 5. The summed E-state index contributed by atoms with van der Waals surface area (Å²) >= 11 is 8.10. The highest BCUT2D eigenvalue weighted by molar-refractivity contribution is 7.19. The van der Waals surface area contributed by atoms with Gasteiger partial charge in [-0.15, -0.1) is 11.3 Å². The van der Waals surface area contributed by atoms with Crippen LogP contribution >= 0.6 is 22.9 Å². The number of piperidine rings is 2. The van der Waals surface area contributed by atoms with E-state index in [1.165, 1.54) is 4.90 Å². The van der Waals surface area contributed by atoms with Crippen LogP contribution < -0.4 is 10.1 Å². The summed E-state index contributed by atoms with van der Waals surface area (Å²) in [5.41, 5.74) is 3.57. The molecule has 1 N–H and O–H groups in total. The van der Waals surface area contributed by atoms with Gasteiger partial charge in [-0.05, 0) is 68.5 Å². The number of hydrogen-bond donors (Lipinski definition) is 1. The normalized spacial score (nSPS) is 27.0. The molecule has 4 atom stereocenters. The summed E-state index contributed by atoms with van der Waals surface area (Å²) in [7, 11) is 0. The Morgan fingerprint density at radius 1 is 1.19 bits per heavy atom. The molecule has 0 spiro atoms. The number of carbonyl (C=O) groups excluding carboxylic acids is 2. The highest BCUT2D eigenvalue weighted by Gasteiger charge is 2.72. The molecule has 0 radical (unpaired) electrons. The minimum Gasteiger partial charge on any atom is -0.488 e. The van der Waals surface area contributed by atoms with Gasteiger partial charge in [0.15, 0.2) is 0 Å². The van der Waals surface area contributed by atoms with Crippen LogP contribution in [0.1, 0.15) is 44.1 Å². The van der Waals surface area contributed by atoms with Gasteiger partial charge in [0.25, 0.3) is 0 Å². The first-order valence-electron chi connectivity index (χ1n) is 12.6. The molecule has 1 aromatic carbocycles. The number of carbonyl (C=O) groups is 2. The number of nitrogens with one attached hydrogen (secondary N) is 1.